The first-order valence-corrected chi connectivity index (χ1v) is 12.7. The summed E-state index contributed by atoms with van der Waals surface area (Å²) in [6, 6.07) is 18.6. The van der Waals surface area contributed by atoms with Crippen LogP contribution in [0.25, 0.3) is 0 Å². The van der Waals surface area contributed by atoms with Crippen molar-refractivity contribution in [3.05, 3.63) is 89.2 Å². The third-order valence-electron chi connectivity index (χ3n) is 6.15. The molecular formula is C26H28FN3O3S. The van der Waals surface area contributed by atoms with E-state index in [9.17, 15) is 17.6 Å². The Morgan fingerprint density at radius 2 is 1.71 bits per heavy atom. The van der Waals surface area contributed by atoms with E-state index in [1.807, 2.05) is 50.2 Å². The van der Waals surface area contributed by atoms with E-state index in [1.165, 1.54) is 12.1 Å². The molecule has 3 aromatic carbocycles. The van der Waals surface area contributed by atoms with Gasteiger partial charge in [-0.2, -0.15) is 0 Å². The molecule has 34 heavy (non-hydrogen) atoms. The third kappa shape index (κ3) is 4.77. The van der Waals surface area contributed by atoms with Gasteiger partial charge in [-0.3, -0.25) is 9.62 Å². The molecule has 1 fully saturated rings. The average Bonchev–Trinajstić information content (AvgIpc) is 2.81. The second-order valence-corrected chi connectivity index (χ2v) is 10.3. The highest BCUT2D eigenvalue weighted by Gasteiger charge is 2.32. The second kappa shape index (κ2) is 9.46. The lowest BCUT2D eigenvalue weighted by molar-refractivity contribution is 0.175. The molecule has 0 aliphatic carbocycles. The van der Waals surface area contributed by atoms with Crippen LogP contribution in [0, 0.1) is 19.7 Å². The van der Waals surface area contributed by atoms with Crippen molar-refractivity contribution in [3.63, 3.8) is 0 Å². The number of carbonyl (C=O) groups excluding carboxylic acids is 1. The maximum atomic E-state index is 14.0. The number of sulfonamides is 1. The van der Waals surface area contributed by atoms with Crippen LogP contribution >= 0.6 is 0 Å². The van der Waals surface area contributed by atoms with Gasteiger partial charge in [0.15, 0.2) is 0 Å². The molecule has 0 saturated carbocycles. The summed E-state index contributed by atoms with van der Waals surface area (Å²) in [7, 11) is -4.06. The van der Waals surface area contributed by atoms with Crippen LogP contribution in [0.1, 0.15) is 36.1 Å². The summed E-state index contributed by atoms with van der Waals surface area (Å²) >= 11 is 0. The molecule has 1 aliphatic rings. The Labute approximate surface area is 200 Å². The summed E-state index contributed by atoms with van der Waals surface area (Å²) in [6.07, 6.45) is 0.742. The van der Waals surface area contributed by atoms with Gasteiger partial charge in [-0.1, -0.05) is 42.5 Å². The van der Waals surface area contributed by atoms with E-state index in [4.69, 9.17) is 0 Å². The predicted octanol–water partition coefficient (Wildman–Crippen LogP) is 5.64. The zero-order chi connectivity index (χ0) is 24.5. The maximum absolute atomic E-state index is 14.0. The Balaban J connectivity index is 1.66. The Morgan fingerprint density at radius 3 is 2.41 bits per heavy atom. The minimum Gasteiger partial charge on any atom is -0.318 e. The van der Waals surface area contributed by atoms with Gasteiger partial charge in [0.2, 0.25) is 0 Å². The number of benzene rings is 3. The molecule has 0 aromatic heterocycles. The topological polar surface area (TPSA) is 69.7 Å². The van der Waals surface area contributed by atoms with Crippen LogP contribution < -0.4 is 9.62 Å². The standard InChI is InChI=1S/C26H28FN3O3S/c1-18-10-13-25(24(16-18)28-34(32,33)22-12-11-19(2)23(27)17-22)30-15-7-14-29(26(30)31)20(3)21-8-5-4-6-9-21/h4-6,8-13,16-17,20,28H,7,14-15H2,1-3H3/t20-/m1/s1. The molecule has 1 heterocycles. The number of rotatable bonds is 6. The van der Waals surface area contributed by atoms with Gasteiger partial charge in [0.1, 0.15) is 5.82 Å². The number of anilines is 2. The highest BCUT2D eigenvalue weighted by Crippen LogP contribution is 2.34. The van der Waals surface area contributed by atoms with Crippen molar-refractivity contribution in [3.8, 4) is 0 Å². The molecule has 3 aromatic rings. The third-order valence-corrected chi connectivity index (χ3v) is 7.51. The molecule has 1 aliphatic heterocycles. The lowest BCUT2D eigenvalue weighted by Gasteiger charge is -2.39. The summed E-state index contributed by atoms with van der Waals surface area (Å²) in [5.74, 6) is -0.593. The number of aryl methyl sites for hydroxylation is 2. The average molecular weight is 482 g/mol. The summed E-state index contributed by atoms with van der Waals surface area (Å²) in [5.41, 5.74) is 2.97. The number of carbonyl (C=O) groups is 1. The quantitative estimate of drug-likeness (QED) is 0.496. The summed E-state index contributed by atoms with van der Waals surface area (Å²) in [6.45, 7) is 6.48. The van der Waals surface area contributed by atoms with Gasteiger partial charge < -0.3 is 4.90 Å². The molecule has 0 spiro atoms. The number of halogens is 1. The van der Waals surface area contributed by atoms with E-state index >= 15 is 0 Å². The van der Waals surface area contributed by atoms with Crippen molar-refractivity contribution in [2.24, 2.45) is 0 Å². The van der Waals surface area contributed by atoms with Crippen molar-refractivity contribution in [1.29, 1.82) is 0 Å². The van der Waals surface area contributed by atoms with Gasteiger partial charge in [-0.25, -0.2) is 17.6 Å². The molecule has 6 nitrogen and oxygen atoms in total. The number of nitrogens with zero attached hydrogens (tertiary/aromatic N) is 2. The number of hydrogen-bond donors (Lipinski definition) is 1. The van der Waals surface area contributed by atoms with Crippen LogP contribution in [0.3, 0.4) is 0 Å². The minimum atomic E-state index is -4.06. The van der Waals surface area contributed by atoms with Gasteiger partial charge in [-0.15, -0.1) is 0 Å². The fourth-order valence-corrected chi connectivity index (χ4v) is 5.23. The molecule has 4 rings (SSSR count). The highest BCUT2D eigenvalue weighted by atomic mass is 32.2. The monoisotopic (exact) mass is 481 g/mol. The Morgan fingerprint density at radius 1 is 0.971 bits per heavy atom. The molecule has 0 radical (unpaired) electrons. The summed E-state index contributed by atoms with van der Waals surface area (Å²) in [4.78, 5) is 16.8. The van der Waals surface area contributed by atoms with E-state index in [-0.39, 0.29) is 22.7 Å². The van der Waals surface area contributed by atoms with Crippen molar-refractivity contribution in [2.45, 2.75) is 38.1 Å². The highest BCUT2D eigenvalue weighted by molar-refractivity contribution is 7.92. The number of urea groups is 1. The fraction of sp³-hybridized carbons (Fsp3) is 0.269. The zero-order valence-electron chi connectivity index (χ0n) is 19.5. The molecule has 0 unspecified atom stereocenters. The van der Waals surface area contributed by atoms with E-state index in [1.54, 1.807) is 28.9 Å². The Hall–Kier alpha value is -3.39. The molecule has 8 heteroatoms. The maximum Gasteiger partial charge on any atom is 0.325 e. The van der Waals surface area contributed by atoms with Crippen molar-refractivity contribution < 1.29 is 17.6 Å². The van der Waals surface area contributed by atoms with Crippen molar-refractivity contribution >= 4 is 27.4 Å². The summed E-state index contributed by atoms with van der Waals surface area (Å²) < 4.78 is 42.7. The second-order valence-electron chi connectivity index (χ2n) is 8.60. The zero-order valence-corrected chi connectivity index (χ0v) is 20.3. The first kappa shape index (κ1) is 23.8. The van der Waals surface area contributed by atoms with E-state index in [2.05, 4.69) is 4.72 Å². The smallest absolute Gasteiger partial charge is 0.318 e. The van der Waals surface area contributed by atoms with Gasteiger partial charge >= 0.3 is 6.03 Å². The van der Waals surface area contributed by atoms with Crippen LogP contribution in [-0.2, 0) is 10.0 Å². The molecule has 178 valence electrons. The van der Waals surface area contributed by atoms with Crippen molar-refractivity contribution in [1.82, 2.24) is 4.90 Å². The number of amides is 2. The van der Waals surface area contributed by atoms with Gasteiger partial charge in [0, 0.05) is 13.1 Å². The van der Waals surface area contributed by atoms with Crippen LogP contribution in [0.2, 0.25) is 0 Å². The molecule has 1 saturated heterocycles. The summed E-state index contributed by atoms with van der Waals surface area (Å²) in [5, 5.41) is 0. The Bertz CT molecular complexity index is 1310. The minimum absolute atomic E-state index is 0.127. The number of nitrogens with one attached hydrogen (secondary N) is 1. The lowest BCUT2D eigenvalue weighted by Crippen LogP contribution is -2.50. The van der Waals surface area contributed by atoms with Crippen LogP contribution in [0.15, 0.2) is 71.6 Å². The van der Waals surface area contributed by atoms with Crippen LogP contribution in [0.5, 0.6) is 0 Å². The van der Waals surface area contributed by atoms with Crippen molar-refractivity contribution in [2.75, 3.05) is 22.7 Å². The number of hydrogen-bond acceptors (Lipinski definition) is 3. The first-order valence-electron chi connectivity index (χ1n) is 11.2. The predicted molar refractivity (Wildman–Crippen MR) is 132 cm³/mol. The van der Waals surface area contributed by atoms with Gasteiger partial charge in [0.25, 0.3) is 10.0 Å². The van der Waals surface area contributed by atoms with E-state index < -0.39 is 15.8 Å². The normalized spacial score (nSPS) is 15.4. The largest absolute Gasteiger partial charge is 0.325 e. The Kier molecular flexibility index (Phi) is 6.61. The molecule has 1 N–H and O–H groups in total. The van der Waals surface area contributed by atoms with Crippen LogP contribution in [-0.4, -0.2) is 32.4 Å². The molecule has 1 atom stereocenters. The lowest BCUT2D eigenvalue weighted by atomic mass is 10.1. The molecule has 2 amide bonds. The fourth-order valence-electron chi connectivity index (χ4n) is 4.15. The van der Waals surface area contributed by atoms with E-state index in [0.717, 1.165) is 23.6 Å². The van der Waals surface area contributed by atoms with E-state index in [0.29, 0.717) is 24.3 Å². The van der Waals surface area contributed by atoms with Crippen LogP contribution in [0.4, 0.5) is 20.6 Å². The first-order chi connectivity index (χ1) is 16.2. The van der Waals surface area contributed by atoms with Gasteiger partial charge in [0.05, 0.1) is 22.3 Å². The van der Waals surface area contributed by atoms with Gasteiger partial charge in [-0.05, 0) is 68.1 Å². The SMILES string of the molecule is Cc1ccc(N2CCCN([C@H](C)c3ccccc3)C2=O)c(NS(=O)(=O)c2ccc(C)c(F)c2)c1. The molecular weight excluding hydrogens is 453 g/mol. The molecule has 0 bridgehead atoms.